The molecule has 0 saturated carbocycles. The molecule has 132 valence electrons. The van der Waals surface area contributed by atoms with Crippen molar-refractivity contribution in [2.75, 3.05) is 13.1 Å². The molecule has 2 aromatic rings. The van der Waals surface area contributed by atoms with Gasteiger partial charge in [0, 0.05) is 24.2 Å². The van der Waals surface area contributed by atoms with Gasteiger partial charge in [0.1, 0.15) is 12.6 Å². The molecule has 1 saturated heterocycles. The Balaban J connectivity index is 1.60. The number of likely N-dealkylation sites (tertiary alicyclic amines) is 1. The van der Waals surface area contributed by atoms with E-state index in [1.807, 2.05) is 0 Å². The molecular weight excluding hydrogens is 346 g/mol. The first kappa shape index (κ1) is 17.3. The first-order chi connectivity index (χ1) is 11.9. The van der Waals surface area contributed by atoms with Crippen molar-refractivity contribution < 1.29 is 9.53 Å². The van der Waals surface area contributed by atoms with Crippen LogP contribution in [0.3, 0.4) is 0 Å². The van der Waals surface area contributed by atoms with Crippen molar-refractivity contribution in [2.24, 2.45) is 0 Å². The largest absolute Gasteiger partial charge is 0.458 e. The highest BCUT2D eigenvalue weighted by molar-refractivity contribution is 6.30. The SMILES string of the molecule is Cc1ncn(CC(=O)N2CC[C@H](Oc3ncc(Cl)cn3)C2)c(=O)c1C. The molecule has 1 atom stereocenters. The summed E-state index contributed by atoms with van der Waals surface area (Å²) in [7, 11) is 0. The lowest BCUT2D eigenvalue weighted by Gasteiger charge is -2.17. The topological polar surface area (TPSA) is 90.2 Å². The van der Waals surface area contributed by atoms with Crippen LogP contribution in [0.5, 0.6) is 6.01 Å². The van der Waals surface area contributed by atoms with Crippen molar-refractivity contribution in [2.45, 2.75) is 32.9 Å². The van der Waals surface area contributed by atoms with Gasteiger partial charge in [0.05, 0.1) is 30.3 Å². The van der Waals surface area contributed by atoms with Crippen LogP contribution in [0.4, 0.5) is 0 Å². The molecule has 1 fully saturated rings. The highest BCUT2D eigenvalue weighted by atomic mass is 35.5. The fourth-order valence-electron chi connectivity index (χ4n) is 2.60. The maximum Gasteiger partial charge on any atom is 0.316 e. The Morgan fingerprint density at radius 2 is 2.04 bits per heavy atom. The van der Waals surface area contributed by atoms with Gasteiger partial charge in [-0.15, -0.1) is 0 Å². The number of hydrogen-bond acceptors (Lipinski definition) is 6. The van der Waals surface area contributed by atoms with E-state index in [1.54, 1.807) is 18.7 Å². The minimum Gasteiger partial charge on any atom is -0.458 e. The first-order valence-corrected chi connectivity index (χ1v) is 8.26. The van der Waals surface area contributed by atoms with E-state index in [1.165, 1.54) is 23.3 Å². The average Bonchev–Trinajstić information content (AvgIpc) is 3.06. The Bertz CT molecular complexity index is 837. The van der Waals surface area contributed by atoms with E-state index in [9.17, 15) is 9.59 Å². The molecule has 0 aliphatic carbocycles. The van der Waals surface area contributed by atoms with E-state index < -0.39 is 0 Å². The molecule has 0 radical (unpaired) electrons. The fraction of sp³-hybridized carbons (Fsp3) is 0.438. The standard InChI is InChI=1S/C16H18ClN5O3/c1-10-11(2)20-9-22(15(10)24)8-14(23)21-4-3-13(7-21)25-16-18-5-12(17)6-19-16/h5-6,9,13H,3-4,7-8H2,1-2H3/t13-/m0/s1. The van der Waals surface area contributed by atoms with Crippen LogP contribution in [0.15, 0.2) is 23.5 Å². The summed E-state index contributed by atoms with van der Waals surface area (Å²) >= 11 is 5.74. The Morgan fingerprint density at radius 3 is 2.76 bits per heavy atom. The van der Waals surface area contributed by atoms with Crippen LogP contribution in [-0.2, 0) is 11.3 Å². The zero-order valence-electron chi connectivity index (χ0n) is 14.0. The zero-order valence-corrected chi connectivity index (χ0v) is 14.7. The van der Waals surface area contributed by atoms with Crippen LogP contribution in [0.1, 0.15) is 17.7 Å². The summed E-state index contributed by atoms with van der Waals surface area (Å²) in [5.41, 5.74) is 1.03. The van der Waals surface area contributed by atoms with E-state index in [4.69, 9.17) is 16.3 Å². The molecule has 9 heteroatoms. The molecule has 0 aromatic carbocycles. The van der Waals surface area contributed by atoms with E-state index >= 15 is 0 Å². The number of halogens is 1. The summed E-state index contributed by atoms with van der Waals surface area (Å²) in [6.07, 6.45) is 4.83. The second kappa shape index (κ2) is 7.18. The predicted octanol–water partition coefficient (Wildman–Crippen LogP) is 0.983. The highest BCUT2D eigenvalue weighted by Gasteiger charge is 2.28. The van der Waals surface area contributed by atoms with Gasteiger partial charge in [-0.3, -0.25) is 14.2 Å². The van der Waals surface area contributed by atoms with Crippen molar-refractivity contribution in [3.63, 3.8) is 0 Å². The molecule has 0 N–H and O–H groups in total. The van der Waals surface area contributed by atoms with E-state index in [0.717, 1.165) is 0 Å². The van der Waals surface area contributed by atoms with Crippen LogP contribution >= 0.6 is 11.6 Å². The molecule has 8 nitrogen and oxygen atoms in total. The third-order valence-corrected chi connectivity index (χ3v) is 4.38. The third-order valence-electron chi connectivity index (χ3n) is 4.19. The third kappa shape index (κ3) is 3.96. The van der Waals surface area contributed by atoms with Gasteiger partial charge in [-0.2, -0.15) is 0 Å². The smallest absolute Gasteiger partial charge is 0.316 e. The molecule has 0 spiro atoms. The summed E-state index contributed by atoms with van der Waals surface area (Å²) in [4.78, 5) is 38.4. The average molecular weight is 364 g/mol. The molecule has 0 unspecified atom stereocenters. The lowest BCUT2D eigenvalue weighted by Crippen LogP contribution is -2.37. The number of amides is 1. The minimum absolute atomic E-state index is 0.0306. The lowest BCUT2D eigenvalue weighted by atomic mass is 10.3. The van der Waals surface area contributed by atoms with Gasteiger partial charge in [0.15, 0.2) is 0 Å². The van der Waals surface area contributed by atoms with Gasteiger partial charge in [-0.05, 0) is 13.8 Å². The maximum absolute atomic E-state index is 12.4. The summed E-state index contributed by atoms with van der Waals surface area (Å²) in [6.45, 7) is 4.43. The van der Waals surface area contributed by atoms with Crippen molar-refractivity contribution in [1.29, 1.82) is 0 Å². The zero-order chi connectivity index (χ0) is 18.0. The molecule has 2 aromatic heterocycles. The van der Waals surface area contributed by atoms with Crippen LogP contribution in [0.25, 0.3) is 0 Å². The highest BCUT2D eigenvalue weighted by Crippen LogP contribution is 2.16. The minimum atomic E-state index is -0.192. The molecule has 1 aliphatic rings. The van der Waals surface area contributed by atoms with Crippen LogP contribution < -0.4 is 10.3 Å². The van der Waals surface area contributed by atoms with E-state index in [-0.39, 0.29) is 30.1 Å². The van der Waals surface area contributed by atoms with Crippen molar-refractivity contribution >= 4 is 17.5 Å². The molecule has 25 heavy (non-hydrogen) atoms. The fourth-order valence-corrected chi connectivity index (χ4v) is 2.69. The van der Waals surface area contributed by atoms with Gasteiger partial charge in [0.2, 0.25) is 5.91 Å². The number of aromatic nitrogens is 4. The number of aryl methyl sites for hydroxylation is 1. The Hall–Kier alpha value is -2.48. The van der Waals surface area contributed by atoms with E-state index in [2.05, 4.69) is 15.0 Å². The Kier molecular flexibility index (Phi) is 4.98. The summed E-state index contributed by atoms with van der Waals surface area (Å²) in [5.74, 6) is -0.143. The van der Waals surface area contributed by atoms with Gasteiger partial charge >= 0.3 is 6.01 Å². The number of rotatable bonds is 4. The normalized spacial score (nSPS) is 16.9. The van der Waals surface area contributed by atoms with E-state index in [0.29, 0.717) is 35.8 Å². The first-order valence-electron chi connectivity index (χ1n) is 7.88. The second-order valence-electron chi connectivity index (χ2n) is 5.94. The lowest BCUT2D eigenvalue weighted by molar-refractivity contribution is -0.131. The molecular formula is C16H18ClN5O3. The molecule has 1 aliphatic heterocycles. The maximum atomic E-state index is 12.4. The number of nitrogens with zero attached hydrogens (tertiary/aromatic N) is 5. The Labute approximate surface area is 149 Å². The van der Waals surface area contributed by atoms with Gasteiger partial charge in [0.25, 0.3) is 5.56 Å². The molecule has 1 amide bonds. The summed E-state index contributed by atoms with van der Waals surface area (Å²) < 4.78 is 7.00. The van der Waals surface area contributed by atoms with Crippen LogP contribution in [0, 0.1) is 13.8 Å². The Morgan fingerprint density at radius 1 is 1.32 bits per heavy atom. The van der Waals surface area contributed by atoms with Crippen molar-refractivity contribution in [1.82, 2.24) is 24.4 Å². The quantitative estimate of drug-likeness (QED) is 0.804. The van der Waals surface area contributed by atoms with Crippen molar-refractivity contribution in [3.05, 3.63) is 45.4 Å². The number of carbonyl (C=O) groups is 1. The summed E-state index contributed by atoms with van der Waals surface area (Å²) in [5, 5.41) is 0.433. The molecule has 0 bridgehead atoms. The van der Waals surface area contributed by atoms with Crippen LogP contribution in [-0.4, -0.2) is 49.5 Å². The van der Waals surface area contributed by atoms with Gasteiger partial charge < -0.3 is 9.64 Å². The number of carbonyl (C=O) groups excluding carboxylic acids is 1. The summed E-state index contributed by atoms with van der Waals surface area (Å²) in [6, 6.07) is 0.235. The van der Waals surface area contributed by atoms with Crippen LogP contribution in [0.2, 0.25) is 5.02 Å². The van der Waals surface area contributed by atoms with Crippen molar-refractivity contribution in [3.8, 4) is 6.01 Å². The van der Waals surface area contributed by atoms with Gasteiger partial charge in [-0.1, -0.05) is 11.6 Å². The number of ether oxygens (including phenoxy) is 1. The monoisotopic (exact) mass is 363 g/mol. The second-order valence-corrected chi connectivity index (χ2v) is 6.38. The van der Waals surface area contributed by atoms with Gasteiger partial charge in [-0.25, -0.2) is 15.0 Å². The molecule has 3 rings (SSSR count). The number of hydrogen-bond donors (Lipinski definition) is 0. The predicted molar refractivity (Wildman–Crippen MR) is 90.6 cm³/mol. The molecule has 3 heterocycles.